The van der Waals surface area contributed by atoms with Crippen molar-refractivity contribution in [3.8, 4) is 0 Å². The summed E-state index contributed by atoms with van der Waals surface area (Å²) in [6, 6.07) is 4.25. The summed E-state index contributed by atoms with van der Waals surface area (Å²) >= 11 is 0. The Morgan fingerprint density at radius 3 is 2.72 bits per heavy atom. The number of aryl methyl sites for hydroxylation is 1. The Labute approximate surface area is 147 Å². The topological polar surface area (TPSA) is 79.3 Å². The van der Waals surface area contributed by atoms with Gasteiger partial charge in [0.2, 0.25) is 5.95 Å². The minimum atomic E-state index is 0.350. The highest BCUT2D eigenvalue weighted by Crippen LogP contribution is 2.21. The monoisotopic (exact) mass is 341 g/mol. The van der Waals surface area contributed by atoms with Crippen LogP contribution in [0.1, 0.15) is 12.2 Å². The van der Waals surface area contributed by atoms with Crippen LogP contribution in [0.3, 0.4) is 0 Å². The van der Waals surface area contributed by atoms with E-state index in [1.807, 2.05) is 31.5 Å². The number of anilines is 3. The summed E-state index contributed by atoms with van der Waals surface area (Å²) in [6.45, 7) is 6.96. The van der Waals surface area contributed by atoms with E-state index < -0.39 is 0 Å². The third-order valence-electron chi connectivity index (χ3n) is 4.56. The smallest absolute Gasteiger partial charge is 0.227 e. The van der Waals surface area contributed by atoms with E-state index >= 15 is 0 Å². The van der Waals surface area contributed by atoms with Crippen molar-refractivity contribution in [3.05, 3.63) is 30.4 Å². The Morgan fingerprint density at radius 2 is 1.88 bits per heavy atom. The summed E-state index contributed by atoms with van der Waals surface area (Å²) in [5.74, 6) is 3.45. The zero-order valence-corrected chi connectivity index (χ0v) is 14.4. The number of morpholine rings is 1. The molecule has 2 aromatic heterocycles. The van der Waals surface area contributed by atoms with E-state index in [2.05, 4.69) is 35.1 Å². The van der Waals surface area contributed by atoms with E-state index in [1.165, 1.54) is 0 Å². The zero-order valence-electron chi connectivity index (χ0n) is 14.4. The van der Waals surface area contributed by atoms with Gasteiger partial charge < -0.3 is 19.9 Å². The molecule has 2 aliphatic rings. The van der Waals surface area contributed by atoms with Crippen molar-refractivity contribution in [1.82, 2.24) is 19.9 Å². The van der Waals surface area contributed by atoms with E-state index in [9.17, 15) is 0 Å². The summed E-state index contributed by atoms with van der Waals surface area (Å²) in [4.78, 5) is 22.2. The largest absolute Gasteiger partial charge is 0.378 e. The van der Waals surface area contributed by atoms with Gasteiger partial charge >= 0.3 is 0 Å². The number of nitrogens with zero attached hydrogens (tertiary/aromatic N) is 6. The van der Waals surface area contributed by atoms with E-state index in [0.29, 0.717) is 6.04 Å². The number of nitrogens with one attached hydrogen (secondary N) is 1. The van der Waals surface area contributed by atoms with Crippen LogP contribution in [-0.2, 0) is 4.74 Å². The van der Waals surface area contributed by atoms with Crippen LogP contribution < -0.4 is 15.1 Å². The molecule has 2 saturated heterocycles. The fourth-order valence-electron chi connectivity index (χ4n) is 3.26. The molecule has 4 heterocycles. The van der Waals surface area contributed by atoms with Gasteiger partial charge in [-0.2, -0.15) is 4.98 Å². The molecule has 0 saturated carbocycles. The van der Waals surface area contributed by atoms with Gasteiger partial charge in [0, 0.05) is 44.6 Å². The molecular formula is C17H23N7O. The van der Waals surface area contributed by atoms with Crippen LogP contribution in [-0.4, -0.2) is 65.4 Å². The molecule has 1 unspecified atom stereocenters. The Balaban J connectivity index is 1.39. The van der Waals surface area contributed by atoms with Gasteiger partial charge in [-0.15, -0.1) is 0 Å². The highest BCUT2D eigenvalue weighted by atomic mass is 16.5. The van der Waals surface area contributed by atoms with Crippen LogP contribution >= 0.6 is 0 Å². The molecule has 0 bridgehead atoms. The lowest BCUT2D eigenvalue weighted by Crippen LogP contribution is -2.37. The standard InChI is InChI=1S/C17H23N7O/c1-13-18-6-3-16(20-13)24-7-4-14(12-24)21-15-2-5-19-17(22-15)23-8-10-25-11-9-23/h2-3,5-6,14H,4,7-12H2,1H3,(H,19,21,22). The number of aromatic nitrogens is 4. The molecule has 132 valence electrons. The summed E-state index contributed by atoms with van der Waals surface area (Å²) < 4.78 is 5.39. The quantitative estimate of drug-likeness (QED) is 0.886. The Hall–Kier alpha value is -2.48. The summed E-state index contributed by atoms with van der Waals surface area (Å²) in [5, 5.41) is 3.54. The normalized spacial score (nSPS) is 20.8. The van der Waals surface area contributed by atoms with Gasteiger partial charge in [0.25, 0.3) is 0 Å². The van der Waals surface area contributed by atoms with E-state index in [0.717, 1.165) is 69.2 Å². The van der Waals surface area contributed by atoms with Gasteiger partial charge in [-0.05, 0) is 25.5 Å². The Morgan fingerprint density at radius 1 is 1.04 bits per heavy atom. The molecule has 8 heteroatoms. The molecule has 1 N–H and O–H groups in total. The lowest BCUT2D eigenvalue weighted by atomic mass is 10.2. The van der Waals surface area contributed by atoms with Crippen LogP contribution in [0.4, 0.5) is 17.6 Å². The number of ether oxygens (including phenoxy) is 1. The van der Waals surface area contributed by atoms with Crippen LogP contribution in [0.2, 0.25) is 0 Å². The molecule has 0 radical (unpaired) electrons. The van der Waals surface area contributed by atoms with Crippen molar-refractivity contribution in [2.24, 2.45) is 0 Å². The molecule has 4 rings (SSSR count). The zero-order chi connectivity index (χ0) is 17.1. The lowest BCUT2D eigenvalue weighted by molar-refractivity contribution is 0.122. The third kappa shape index (κ3) is 3.79. The van der Waals surface area contributed by atoms with Crippen molar-refractivity contribution >= 4 is 17.6 Å². The second-order valence-corrected chi connectivity index (χ2v) is 6.38. The third-order valence-corrected chi connectivity index (χ3v) is 4.56. The maximum Gasteiger partial charge on any atom is 0.227 e. The van der Waals surface area contributed by atoms with Gasteiger partial charge in [-0.3, -0.25) is 0 Å². The minimum absolute atomic E-state index is 0.350. The lowest BCUT2D eigenvalue weighted by Gasteiger charge is -2.27. The highest BCUT2D eigenvalue weighted by Gasteiger charge is 2.24. The van der Waals surface area contributed by atoms with Gasteiger partial charge in [-0.1, -0.05) is 0 Å². The minimum Gasteiger partial charge on any atom is -0.378 e. The van der Waals surface area contributed by atoms with Crippen LogP contribution in [0.5, 0.6) is 0 Å². The highest BCUT2D eigenvalue weighted by molar-refractivity contribution is 5.45. The van der Waals surface area contributed by atoms with Gasteiger partial charge in [0.05, 0.1) is 13.2 Å². The van der Waals surface area contributed by atoms with Crippen LogP contribution in [0, 0.1) is 6.92 Å². The first-order valence-corrected chi connectivity index (χ1v) is 8.75. The van der Waals surface area contributed by atoms with Crippen molar-refractivity contribution in [3.63, 3.8) is 0 Å². The fraction of sp³-hybridized carbons (Fsp3) is 0.529. The molecule has 8 nitrogen and oxygen atoms in total. The van der Waals surface area contributed by atoms with Gasteiger partial charge in [0.15, 0.2) is 0 Å². The van der Waals surface area contributed by atoms with Crippen molar-refractivity contribution in [2.75, 3.05) is 54.5 Å². The summed E-state index contributed by atoms with van der Waals surface area (Å²) in [7, 11) is 0. The molecule has 2 aromatic rings. The predicted octanol–water partition coefficient (Wildman–Crippen LogP) is 1.10. The number of hydrogen-bond donors (Lipinski definition) is 1. The first-order valence-electron chi connectivity index (χ1n) is 8.75. The molecule has 25 heavy (non-hydrogen) atoms. The molecule has 0 spiro atoms. The molecule has 0 aliphatic carbocycles. The SMILES string of the molecule is Cc1nccc(N2CCC(Nc3ccnc(N4CCOCC4)n3)C2)n1. The molecule has 1 atom stereocenters. The van der Waals surface area contributed by atoms with Gasteiger partial charge in [0.1, 0.15) is 17.5 Å². The molecule has 0 aromatic carbocycles. The van der Waals surface area contributed by atoms with Crippen molar-refractivity contribution in [1.29, 1.82) is 0 Å². The second kappa shape index (κ2) is 7.18. The maximum absolute atomic E-state index is 5.39. The number of hydrogen-bond acceptors (Lipinski definition) is 8. The Bertz CT molecular complexity index is 720. The summed E-state index contributed by atoms with van der Waals surface area (Å²) in [6.07, 6.45) is 4.69. The Kier molecular flexibility index (Phi) is 4.60. The first kappa shape index (κ1) is 16.0. The van der Waals surface area contributed by atoms with Crippen molar-refractivity contribution < 1.29 is 4.74 Å². The molecule has 2 aliphatic heterocycles. The first-order chi connectivity index (χ1) is 12.3. The summed E-state index contributed by atoms with van der Waals surface area (Å²) in [5.41, 5.74) is 0. The van der Waals surface area contributed by atoms with Crippen LogP contribution in [0.15, 0.2) is 24.5 Å². The fourth-order valence-corrected chi connectivity index (χ4v) is 3.26. The average molecular weight is 341 g/mol. The molecule has 0 amide bonds. The average Bonchev–Trinajstić information content (AvgIpc) is 3.11. The molecule has 2 fully saturated rings. The maximum atomic E-state index is 5.39. The second-order valence-electron chi connectivity index (χ2n) is 6.38. The van der Waals surface area contributed by atoms with E-state index in [4.69, 9.17) is 4.74 Å². The van der Waals surface area contributed by atoms with Gasteiger partial charge in [-0.25, -0.2) is 15.0 Å². The van der Waals surface area contributed by atoms with E-state index in [1.54, 1.807) is 0 Å². The van der Waals surface area contributed by atoms with E-state index in [-0.39, 0.29) is 0 Å². The molecular weight excluding hydrogens is 318 g/mol. The van der Waals surface area contributed by atoms with Crippen molar-refractivity contribution in [2.45, 2.75) is 19.4 Å². The van der Waals surface area contributed by atoms with Crippen LogP contribution in [0.25, 0.3) is 0 Å². The predicted molar refractivity (Wildman–Crippen MR) is 96.1 cm³/mol. The number of rotatable bonds is 4.